The molecule has 0 unspecified atom stereocenters. The maximum Gasteiger partial charge on any atom is 0.248 e. The summed E-state index contributed by atoms with van der Waals surface area (Å²) in [6.45, 7) is 5.70. The topological polar surface area (TPSA) is 188 Å². The van der Waals surface area contributed by atoms with Gasteiger partial charge in [0.15, 0.2) is 29.7 Å². The van der Waals surface area contributed by atoms with E-state index in [0.717, 1.165) is 11.1 Å². The fraction of sp³-hybridized carbons (Fsp3) is 0.375. The summed E-state index contributed by atoms with van der Waals surface area (Å²) in [4.78, 5) is 16.9. The Morgan fingerprint density at radius 2 is 0.750 bits per heavy atom. The number of sulfone groups is 4. The SMILES string of the molecule is CCS(=O)(=O)c1cc([C@H]2[C@H](c3ccccc3)[C@H](c3cc(S(=O)(=O)CC)nc(S(=O)(=O)CC)n3)[C@H]2c2ccccc2)nc(S(=O)(=O)CC)n1. The summed E-state index contributed by atoms with van der Waals surface area (Å²) in [6, 6.07) is 20.8. The van der Waals surface area contributed by atoms with Crippen LogP contribution in [0.3, 0.4) is 0 Å². The molecule has 1 fully saturated rings. The van der Waals surface area contributed by atoms with Crippen molar-refractivity contribution in [1.82, 2.24) is 19.9 Å². The van der Waals surface area contributed by atoms with Crippen molar-refractivity contribution in [3.05, 3.63) is 95.3 Å². The predicted octanol–water partition coefficient (Wildman–Crippen LogP) is 3.89. The molecule has 0 spiro atoms. The lowest BCUT2D eigenvalue weighted by molar-refractivity contribution is 0.217. The van der Waals surface area contributed by atoms with Crippen LogP contribution >= 0.6 is 0 Å². The molecule has 2 aromatic heterocycles. The van der Waals surface area contributed by atoms with Gasteiger partial charge in [-0.2, -0.15) is 0 Å². The molecule has 4 aromatic rings. The zero-order valence-electron chi connectivity index (χ0n) is 26.8. The highest BCUT2D eigenvalue weighted by Crippen LogP contribution is 2.66. The first-order valence-electron chi connectivity index (χ1n) is 15.4. The maximum atomic E-state index is 13.1. The highest BCUT2D eigenvalue weighted by molar-refractivity contribution is 7.92. The van der Waals surface area contributed by atoms with E-state index in [2.05, 4.69) is 19.9 Å². The molecule has 12 nitrogen and oxygen atoms in total. The lowest BCUT2D eigenvalue weighted by Crippen LogP contribution is -2.41. The van der Waals surface area contributed by atoms with E-state index in [-0.39, 0.29) is 34.4 Å². The largest absolute Gasteiger partial charge is 0.248 e. The molecule has 256 valence electrons. The Morgan fingerprint density at radius 3 is 1.04 bits per heavy atom. The molecule has 0 N–H and O–H groups in total. The standard InChI is InChI=1S/C32H36N4O8S4/c1-5-45(37,38)25-19-23(33-31(35-25)47(41,42)7-3)29-27(21-15-11-9-12-16-21)30(28(29)22-17-13-10-14-18-22)24-20-26(46(39,40)6-2)36-32(34-24)48(43,44)8-4/h9-20,27-30H,5-8H2,1-4H3/t27-,28-,29-,30-. The fourth-order valence-corrected chi connectivity index (χ4v) is 9.24. The van der Waals surface area contributed by atoms with E-state index in [1.165, 1.54) is 39.8 Å². The summed E-state index contributed by atoms with van der Waals surface area (Å²) >= 11 is 0. The maximum absolute atomic E-state index is 13.1. The Hall–Kier alpha value is -3.60. The summed E-state index contributed by atoms with van der Waals surface area (Å²) in [6.07, 6.45) is 0. The first-order valence-corrected chi connectivity index (χ1v) is 22.0. The molecule has 1 aliphatic rings. The van der Waals surface area contributed by atoms with Crippen LogP contribution in [0.25, 0.3) is 0 Å². The minimum Gasteiger partial charge on any atom is -0.223 e. The Morgan fingerprint density at radius 1 is 0.438 bits per heavy atom. The molecule has 0 aliphatic heterocycles. The van der Waals surface area contributed by atoms with Crippen LogP contribution in [0.4, 0.5) is 0 Å². The fourth-order valence-electron chi connectivity index (χ4n) is 6.00. The summed E-state index contributed by atoms with van der Waals surface area (Å²) in [5, 5.41) is -2.05. The predicted molar refractivity (Wildman–Crippen MR) is 179 cm³/mol. The van der Waals surface area contributed by atoms with E-state index in [4.69, 9.17) is 0 Å². The third-order valence-electron chi connectivity index (χ3n) is 8.72. The molecule has 48 heavy (non-hydrogen) atoms. The van der Waals surface area contributed by atoms with Crippen LogP contribution in [0.2, 0.25) is 0 Å². The molecule has 16 heteroatoms. The van der Waals surface area contributed by atoms with Gasteiger partial charge in [-0.25, -0.2) is 53.6 Å². The second kappa shape index (κ2) is 13.4. The second-order valence-corrected chi connectivity index (χ2v) is 20.2. The van der Waals surface area contributed by atoms with Gasteiger partial charge in [-0.1, -0.05) is 88.4 Å². The van der Waals surface area contributed by atoms with E-state index in [1.807, 2.05) is 36.4 Å². The molecule has 2 aromatic carbocycles. The van der Waals surface area contributed by atoms with Crippen LogP contribution in [-0.2, 0) is 39.3 Å². The first-order chi connectivity index (χ1) is 22.6. The van der Waals surface area contributed by atoms with Crippen LogP contribution in [0.1, 0.15) is 73.9 Å². The third-order valence-corrected chi connectivity index (χ3v) is 14.9. The van der Waals surface area contributed by atoms with Crippen molar-refractivity contribution in [3.63, 3.8) is 0 Å². The van der Waals surface area contributed by atoms with Gasteiger partial charge < -0.3 is 0 Å². The Bertz CT molecular complexity index is 1990. The van der Waals surface area contributed by atoms with Crippen molar-refractivity contribution in [1.29, 1.82) is 0 Å². The van der Waals surface area contributed by atoms with Crippen molar-refractivity contribution in [3.8, 4) is 0 Å². The Balaban J connectivity index is 1.86. The molecule has 0 radical (unpaired) electrons. The minimum atomic E-state index is -4.05. The highest BCUT2D eigenvalue weighted by Gasteiger charge is 2.55. The van der Waals surface area contributed by atoms with E-state index in [1.54, 1.807) is 24.3 Å². The summed E-state index contributed by atoms with van der Waals surface area (Å²) < 4.78 is 105. The lowest BCUT2D eigenvalue weighted by Gasteiger charge is -2.52. The van der Waals surface area contributed by atoms with Crippen molar-refractivity contribution in [2.24, 2.45) is 0 Å². The summed E-state index contributed by atoms with van der Waals surface area (Å²) in [5.41, 5.74) is 1.83. The number of aromatic nitrogens is 4. The van der Waals surface area contributed by atoms with Gasteiger partial charge in [0.2, 0.25) is 30.0 Å². The van der Waals surface area contributed by atoms with Gasteiger partial charge in [-0.3, -0.25) is 0 Å². The van der Waals surface area contributed by atoms with E-state index in [9.17, 15) is 33.7 Å². The minimum absolute atomic E-state index is 0.167. The van der Waals surface area contributed by atoms with Crippen LogP contribution < -0.4 is 0 Å². The first kappa shape index (κ1) is 35.7. The second-order valence-electron chi connectivity index (χ2n) is 11.4. The molecule has 0 bridgehead atoms. The van der Waals surface area contributed by atoms with E-state index < -0.39 is 83.4 Å². The average molecular weight is 733 g/mol. The quantitative estimate of drug-likeness (QED) is 0.151. The van der Waals surface area contributed by atoms with Crippen LogP contribution in [0.15, 0.2) is 93.2 Å². The van der Waals surface area contributed by atoms with E-state index >= 15 is 0 Å². The number of hydrogen-bond acceptors (Lipinski definition) is 12. The van der Waals surface area contributed by atoms with Crippen molar-refractivity contribution in [2.75, 3.05) is 23.0 Å². The van der Waals surface area contributed by atoms with Gasteiger partial charge in [0.05, 0.1) is 34.4 Å². The molecular weight excluding hydrogens is 697 g/mol. The molecule has 0 amide bonds. The Kier molecular flexibility index (Phi) is 9.94. The number of nitrogens with zero attached hydrogens (tertiary/aromatic N) is 4. The van der Waals surface area contributed by atoms with Crippen molar-refractivity contribution in [2.45, 2.75) is 71.7 Å². The number of rotatable bonds is 12. The zero-order valence-corrected chi connectivity index (χ0v) is 30.0. The van der Waals surface area contributed by atoms with Gasteiger partial charge >= 0.3 is 0 Å². The summed E-state index contributed by atoms with van der Waals surface area (Å²) in [7, 11) is -16.1. The van der Waals surface area contributed by atoms with Crippen molar-refractivity contribution >= 4 is 39.3 Å². The van der Waals surface area contributed by atoms with Gasteiger partial charge in [0.1, 0.15) is 0 Å². The molecule has 1 saturated carbocycles. The average Bonchev–Trinajstić information content (AvgIpc) is 3.08. The van der Waals surface area contributed by atoms with Gasteiger partial charge in [-0.15, -0.1) is 0 Å². The number of hydrogen-bond donors (Lipinski definition) is 0. The molecular formula is C32H36N4O8S4. The molecule has 0 saturated heterocycles. The van der Waals surface area contributed by atoms with Crippen molar-refractivity contribution < 1.29 is 33.7 Å². The van der Waals surface area contributed by atoms with Crippen LogP contribution in [0.5, 0.6) is 0 Å². The normalized spacial score (nSPS) is 20.2. The van der Waals surface area contributed by atoms with Gasteiger partial charge in [0.25, 0.3) is 0 Å². The van der Waals surface area contributed by atoms with Crippen LogP contribution in [-0.4, -0.2) is 76.6 Å². The van der Waals surface area contributed by atoms with E-state index in [0.29, 0.717) is 0 Å². The Labute approximate surface area is 281 Å². The third kappa shape index (κ3) is 6.67. The zero-order chi connectivity index (χ0) is 35.1. The van der Waals surface area contributed by atoms with Crippen LogP contribution in [0, 0.1) is 0 Å². The molecule has 5 rings (SSSR count). The monoisotopic (exact) mass is 732 g/mol. The molecule has 2 heterocycles. The smallest absolute Gasteiger partial charge is 0.223 e. The van der Waals surface area contributed by atoms with Gasteiger partial charge in [-0.05, 0) is 23.3 Å². The molecule has 0 atom stereocenters. The number of benzene rings is 2. The molecule has 1 aliphatic carbocycles. The lowest BCUT2D eigenvalue weighted by atomic mass is 9.50. The highest BCUT2D eigenvalue weighted by atomic mass is 32.2. The van der Waals surface area contributed by atoms with Gasteiger partial charge in [0, 0.05) is 23.7 Å². The summed E-state index contributed by atoms with van der Waals surface area (Å²) in [5.74, 6) is -3.84.